The lowest BCUT2D eigenvalue weighted by Gasteiger charge is -2.26. The van der Waals surface area contributed by atoms with Gasteiger partial charge in [0.1, 0.15) is 0 Å². The number of hydrogen-bond acceptors (Lipinski definition) is 3. The molecular formula is C10H19NO4S. The minimum absolute atomic E-state index is 0.0630. The summed E-state index contributed by atoms with van der Waals surface area (Å²) in [6.07, 6.45) is 0.808. The molecule has 6 heteroatoms. The van der Waals surface area contributed by atoms with E-state index < -0.39 is 21.7 Å². The van der Waals surface area contributed by atoms with Gasteiger partial charge in [-0.15, -0.1) is 0 Å². The number of sulfonamides is 1. The van der Waals surface area contributed by atoms with E-state index in [0.717, 1.165) is 6.42 Å². The Hall–Kier alpha value is -0.620. The van der Waals surface area contributed by atoms with Gasteiger partial charge >= 0.3 is 5.97 Å². The maximum absolute atomic E-state index is 11.7. The minimum Gasteiger partial charge on any atom is -0.480 e. The highest BCUT2D eigenvalue weighted by atomic mass is 32.2. The van der Waals surface area contributed by atoms with Crippen LogP contribution in [0.1, 0.15) is 27.2 Å². The monoisotopic (exact) mass is 249 g/mol. The van der Waals surface area contributed by atoms with Crippen molar-refractivity contribution in [2.24, 2.45) is 11.3 Å². The van der Waals surface area contributed by atoms with Crippen LogP contribution >= 0.6 is 0 Å². The van der Waals surface area contributed by atoms with Crippen LogP contribution in [-0.2, 0) is 14.8 Å². The quantitative estimate of drug-likeness (QED) is 0.801. The molecular weight excluding hydrogens is 230 g/mol. The first-order valence-electron chi connectivity index (χ1n) is 5.32. The Balaban J connectivity index is 2.70. The van der Waals surface area contributed by atoms with E-state index in [1.807, 2.05) is 0 Å². The van der Waals surface area contributed by atoms with Crippen molar-refractivity contribution in [3.63, 3.8) is 0 Å². The Labute approximate surface area is 96.5 Å². The second kappa shape index (κ2) is 4.33. The molecule has 0 radical (unpaired) electrons. The molecule has 94 valence electrons. The van der Waals surface area contributed by atoms with Gasteiger partial charge in [-0.2, -0.15) is 0 Å². The Morgan fingerprint density at radius 2 is 2.00 bits per heavy atom. The Kier molecular flexibility index (Phi) is 3.64. The molecule has 0 spiro atoms. The summed E-state index contributed by atoms with van der Waals surface area (Å²) < 4.78 is 24.6. The van der Waals surface area contributed by atoms with Gasteiger partial charge in [-0.1, -0.05) is 20.8 Å². The summed E-state index contributed by atoms with van der Waals surface area (Å²) in [6.45, 7) is 7.11. The molecule has 0 saturated carbocycles. The van der Waals surface area contributed by atoms with Gasteiger partial charge in [0, 0.05) is 13.1 Å². The van der Waals surface area contributed by atoms with Crippen LogP contribution in [0.4, 0.5) is 0 Å². The standard InChI is InChI=1S/C10H19NO4S/c1-10(2,3)8-4-5-11(6-8)16(14,15)7-9(12)13/h8H,4-7H2,1-3H3,(H,12,13). The second-order valence-electron chi connectivity index (χ2n) is 5.36. The number of rotatable bonds is 3. The largest absolute Gasteiger partial charge is 0.480 e. The molecule has 0 aromatic heterocycles. The van der Waals surface area contributed by atoms with E-state index in [-0.39, 0.29) is 5.41 Å². The minimum atomic E-state index is -3.62. The van der Waals surface area contributed by atoms with Crippen molar-refractivity contribution in [1.29, 1.82) is 0 Å². The van der Waals surface area contributed by atoms with Crippen LogP contribution in [-0.4, -0.2) is 42.6 Å². The molecule has 1 aliphatic heterocycles. The molecule has 1 atom stereocenters. The van der Waals surface area contributed by atoms with Crippen molar-refractivity contribution in [2.45, 2.75) is 27.2 Å². The number of carboxylic acids is 1. The number of carboxylic acid groups (broad SMARTS) is 1. The van der Waals surface area contributed by atoms with Crippen LogP contribution in [0.5, 0.6) is 0 Å². The number of carbonyl (C=O) groups is 1. The van der Waals surface area contributed by atoms with Crippen LogP contribution < -0.4 is 0 Å². The van der Waals surface area contributed by atoms with Gasteiger partial charge in [-0.3, -0.25) is 4.79 Å². The summed E-state index contributed by atoms with van der Waals surface area (Å²) >= 11 is 0. The van der Waals surface area contributed by atoms with Crippen molar-refractivity contribution in [3.8, 4) is 0 Å². The first kappa shape index (κ1) is 13.4. The molecule has 0 aromatic carbocycles. The van der Waals surface area contributed by atoms with Gasteiger partial charge < -0.3 is 5.11 Å². The topological polar surface area (TPSA) is 74.7 Å². The van der Waals surface area contributed by atoms with E-state index in [1.54, 1.807) is 0 Å². The van der Waals surface area contributed by atoms with Gasteiger partial charge in [-0.25, -0.2) is 12.7 Å². The highest BCUT2D eigenvalue weighted by molar-refractivity contribution is 7.89. The number of aliphatic carboxylic acids is 1. The summed E-state index contributed by atoms with van der Waals surface area (Å²) in [5, 5.41) is 8.53. The molecule has 5 nitrogen and oxygen atoms in total. The zero-order valence-electron chi connectivity index (χ0n) is 9.93. The van der Waals surface area contributed by atoms with Gasteiger partial charge in [-0.05, 0) is 17.8 Å². The fraction of sp³-hybridized carbons (Fsp3) is 0.900. The van der Waals surface area contributed by atoms with E-state index in [2.05, 4.69) is 20.8 Å². The van der Waals surface area contributed by atoms with E-state index in [4.69, 9.17) is 5.11 Å². The Morgan fingerprint density at radius 3 is 2.38 bits per heavy atom. The molecule has 1 saturated heterocycles. The summed E-state index contributed by atoms with van der Waals surface area (Å²) in [5.74, 6) is -1.79. The third kappa shape index (κ3) is 3.18. The lowest BCUT2D eigenvalue weighted by molar-refractivity contribution is -0.134. The summed E-state index contributed by atoms with van der Waals surface area (Å²) in [5.41, 5.74) is 0.0630. The van der Waals surface area contributed by atoms with Crippen molar-refractivity contribution < 1.29 is 18.3 Å². The fourth-order valence-corrected chi connectivity index (χ4v) is 3.22. The summed E-state index contributed by atoms with van der Waals surface area (Å²) in [7, 11) is -3.62. The molecule has 1 heterocycles. The van der Waals surface area contributed by atoms with Gasteiger partial charge in [0.25, 0.3) is 0 Å². The normalized spacial score (nSPS) is 23.6. The van der Waals surface area contributed by atoms with Crippen molar-refractivity contribution in [2.75, 3.05) is 18.8 Å². The van der Waals surface area contributed by atoms with Crippen molar-refractivity contribution in [1.82, 2.24) is 4.31 Å². The molecule has 0 bridgehead atoms. The molecule has 16 heavy (non-hydrogen) atoms. The zero-order chi connectivity index (χ0) is 12.6. The Bertz CT molecular complexity index is 369. The third-order valence-corrected chi connectivity index (χ3v) is 4.81. The van der Waals surface area contributed by atoms with Crippen LogP contribution in [0.2, 0.25) is 0 Å². The summed E-state index contributed by atoms with van der Waals surface area (Å²) in [4.78, 5) is 10.4. The predicted molar refractivity (Wildman–Crippen MR) is 60.6 cm³/mol. The lowest BCUT2D eigenvalue weighted by Crippen LogP contribution is -2.35. The fourth-order valence-electron chi connectivity index (χ4n) is 1.94. The molecule has 1 unspecified atom stereocenters. The number of hydrogen-bond donors (Lipinski definition) is 1. The molecule has 1 rings (SSSR count). The van der Waals surface area contributed by atoms with E-state index in [1.165, 1.54) is 4.31 Å². The zero-order valence-corrected chi connectivity index (χ0v) is 10.7. The van der Waals surface area contributed by atoms with Crippen LogP contribution in [0, 0.1) is 11.3 Å². The molecule has 1 aliphatic rings. The van der Waals surface area contributed by atoms with Crippen molar-refractivity contribution >= 4 is 16.0 Å². The van der Waals surface area contributed by atoms with Gasteiger partial charge in [0.15, 0.2) is 5.75 Å². The van der Waals surface area contributed by atoms with E-state index in [9.17, 15) is 13.2 Å². The maximum Gasteiger partial charge on any atom is 0.320 e. The first-order chi connectivity index (χ1) is 7.13. The van der Waals surface area contributed by atoms with E-state index >= 15 is 0 Å². The van der Waals surface area contributed by atoms with Crippen molar-refractivity contribution in [3.05, 3.63) is 0 Å². The summed E-state index contributed by atoms with van der Waals surface area (Å²) in [6, 6.07) is 0. The Morgan fingerprint density at radius 1 is 1.44 bits per heavy atom. The number of nitrogens with zero attached hydrogens (tertiary/aromatic N) is 1. The van der Waals surface area contributed by atoms with Gasteiger partial charge in [0.05, 0.1) is 0 Å². The molecule has 0 amide bonds. The highest BCUT2D eigenvalue weighted by Crippen LogP contribution is 2.34. The molecule has 0 aromatic rings. The highest BCUT2D eigenvalue weighted by Gasteiger charge is 2.37. The molecule has 0 aliphatic carbocycles. The van der Waals surface area contributed by atoms with Crippen LogP contribution in [0.3, 0.4) is 0 Å². The SMILES string of the molecule is CC(C)(C)C1CCN(S(=O)(=O)CC(=O)O)C1. The first-order valence-corrected chi connectivity index (χ1v) is 6.93. The van der Waals surface area contributed by atoms with E-state index in [0.29, 0.717) is 19.0 Å². The second-order valence-corrected chi connectivity index (χ2v) is 7.33. The molecule has 1 fully saturated rings. The maximum atomic E-state index is 11.7. The molecule has 1 N–H and O–H groups in total. The predicted octanol–water partition coefficient (Wildman–Crippen LogP) is 0.769. The van der Waals surface area contributed by atoms with Crippen LogP contribution in [0.15, 0.2) is 0 Å². The lowest BCUT2D eigenvalue weighted by atomic mass is 9.80. The van der Waals surface area contributed by atoms with Crippen LogP contribution in [0.25, 0.3) is 0 Å². The smallest absolute Gasteiger partial charge is 0.320 e. The van der Waals surface area contributed by atoms with Gasteiger partial charge in [0.2, 0.25) is 10.0 Å². The third-order valence-electron chi connectivity index (χ3n) is 3.07. The average molecular weight is 249 g/mol. The average Bonchev–Trinajstić information content (AvgIpc) is 2.47.